The molecule has 0 radical (unpaired) electrons. The van der Waals surface area contributed by atoms with Gasteiger partial charge in [-0.2, -0.15) is 0 Å². The van der Waals surface area contributed by atoms with E-state index in [2.05, 4.69) is 14.9 Å². The number of ether oxygens (including phenoxy) is 1. The number of aldehydes is 1. The first-order valence-corrected chi connectivity index (χ1v) is 4.98. The lowest BCUT2D eigenvalue weighted by molar-refractivity contribution is -0.107. The molecule has 0 spiro atoms. The number of hydrogen-bond acceptors (Lipinski definition) is 5. The highest BCUT2D eigenvalue weighted by Gasteiger charge is 2.13. The first-order chi connectivity index (χ1) is 7.40. The Hall–Kier alpha value is -1.49. The predicted octanol–water partition coefficient (Wildman–Crippen LogP) is 0.0546. The van der Waals surface area contributed by atoms with Crippen LogP contribution in [0.5, 0.6) is 0 Å². The summed E-state index contributed by atoms with van der Waals surface area (Å²) in [5, 5.41) is 0. The highest BCUT2D eigenvalue weighted by atomic mass is 16.5. The van der Waals surface area contributed by atoms with E-state index in [0.717, 1.165) is 25.1 Å². The summed E-state index contributed by atoms with van der Waals surface area (Å²) in [5.41, 5.74) is 0.765. The van der Waals surface area contributed by atoms with Crippen LogP contribution < -0.4 is 4.90 Å². The van der Waals surface area contributed by atoms with Gasteiger partial charge in [-0.05, 0) is 6.07 Å². The maximum atomic E-state index is 10.4. The molecule has 2 rings (SSSR count). The molecule has 1 aliphatic heterocycles. The molecule has 1 aromatic rings. The zero-order valence-electron chi connectivity index (χ0n) is 8.43. The monoisotopic (exact) mass is 207 g/mol. The molecule has 1 aliphatic rings. The molecule has 0 amide bonds. The first kappa shape index (κ1) is 10.0. The second-order valence-electron chi connectivity index (χ2n) is 3.32. The van der Waals surface area contributed by atoms with Crippen LogP contribution in [-0.4, -0.2) is 42.6 Å². The van der Waals surface area contributed by atoms with Gasteiger partial charge in [0.15, 0.2) is 0 Å². The van der Waals surface area contributed by atoms with Gasteiger partial charge in [-0.3, -0.25) is 0 Å². The predicted molar refractivity (Wildman–Crippen MR) is 54.8 cm³/mol. The molecule has 1 saturated heterocycles. The van der Waals surface area contributed by atoms with Gasteiger partial charge in [0.2, 0.25) is 5.95 Å². The maximum Gasteiger partial charge on any atom is 0.225 e. The van der Waals surface area contributed by atoms with Crippen LogP contribution in [0.25, 0.3) is 0 Å². The van der Waals surface area contributed by atoms with Crippen molar-refractivity contribution in [1.29, 1.82) is 0 Å². The standard InChI is InChI=1S/C10H13N3O2/c14-6-2-9-1-3-11-10(12-9)13-4-7-15-8-5-13/h1,3,6H,2,4-5,7-8H2. The van der Waals surface area contributed by atoms with Crippen LogP contribution in [0, 0.1) is 0 Å². The number of aromatic nitrogens is 2. The van der Waals surface area contributed by atoms with E-state index in [1.54, 1.807) is 12.3 Å². The Bertz CT molecular complexity index is 337. The number of nitrogens with zero attached hydrogens (tertiary/aromatic N) is 3. The van der Waals surface area contributed by atoms with Gasteiger partial charge in [-0.15, -0.1) is 0 Å². The van der Waals surface area contributed by atoms with Crippen molar-refractivity contribution in [3.63, 3.8) is 0 Å². The van der Waals surface area contributed by atoms with Crippen LogP contribution in [0.1, 0.15) is 5.69 Å². The molecule has 0 saturated carbocycles. The fraction of sp³-hybridized carbons (Fsp3) is 0.500. The summed E-state index contributed by atoms with van der Waals surface area (Å²) in [5.74, 6) is 0.692. The van der Waals surface area contributed by atoms with Gasteiger partial charge in [0.1, 0.15) is 6.29 Å². The molecule has 0 aliphatic carbocycles. The first-order valence-electron chi connectivity index (χ1n) is 4.98. The summed E-state index contributed by atoms with van der Waals surface area (Å²) in [6.07, 6.45) is 2.89. The average molecular weight is 207 g/mol. The zero-order valence-corrected chi connectivity index (χ0v) is 8.43. The van der Waals surface area contributed by atoms with Gasteiger partial charge in [0.25, 0.3) is 0 Å². The number of morpholine rings is 1. The normalized spacial score (nSPS) is 16.4. The molecule has 1 fully saturated rings. The van der Waals surface area contributed by atoms with Crippen LogP contribution >= 0.6 is 0 Å². The quantitative estimate of drug-likeness (QED) is 0.656. The van der Waals surface area contributed by atoms with Gasteiger partial charge in [0.05, 0.1) is 18.9 Å². The van der Waals surface area contributed by atoms with Crippen molar-refractivity contribution < 1.29 is 9.53 Å². The largest absolute Gasteiger partial charge is 0.378 e. The average Bonchev–Trinajstić information content (AvgIpc) is 2.31. The molecule has 0 N–H and O–H groups in total. The summed E-state index contributed by atoms with van der Waals surface area (Å²) in [6, 6.07) is 1.76. The summed E-state index contributed by atoms with van der Waals surface area (Å²) >= 11 is 0. The van der Waals surface area contributed by atoms with Gasteiger partial charge < -0.3 is 14.4 Å². The second kappa shape index (κ2) is 4.84. The summed E-state index contributed by atoms with van der Waals surface area (Å²) in [7, 11) is 0. The Kier molecular flexibility index (Phi) is 3.24. The molecule has 1 aromatic heterocycles. The molecular weight excluding hydrogens is 194 g/mol. The summed E-state index contributed by atoms with van der Waals surface area (Å²) < 4.78 is 5.25. The number of rotatable bonds is 3. The molecule has 5 heteroatoms. The van der Waals surface area contributed by atoms with E-state index in [0.29, 0.717) is 25.6 Å². The lowest BCUT2D eigenvalue weighted by Gasteiger charge is -2.26. The van der Waals surface area contributed by atoms with E-state index < -0.39 is 0 Å². The third-order valence-electron chi connectivity index (χ3n) is 2.29. The number of carbonyl (C=O) groups excluding carboxylic acids is 1. The minimum Gasteiger partial charge on any atom is -0.378 e. The van der Waals surface area contributed by atoms with E-state index in [4.69, 9.17) is 4.74 Å². The minimum absolute atomic E-state index is 0.347. The molecule has 5 nitrogen and oxygen atoms in total. The fourth-order valence-electron chi connectivity index (χ4n) is 1.50. The number of carbonyl (C=O) groups is 1. The lowest BCUT2D eigenvalue weighted by atomic mass is 10.3. The fourth-order valence-corrected chi connectivity index (χ4v) is 1.50. The minimum atomic E-state index is 0.347. The number of hydrogen-bond donors (Lipinski definition) is 0. The van der Waals surface area contributed by atoms with E-state index in [9.17, 15) is 4.79 Å². The summed E-state index contributed by atoms with van der Waals surface area (Å²) in [6.45, 7) is 3.04. The van der Waals surface area contributed by atoms with E-state index in [1.807, 2.05) is 0 Å². The van der Waals surface area contributed by atoms with Crippen molar-refractivity contribution in [2.75, 3.05) is 31.2 Å². The highest BCUT2D eigenvalue weighted by molar-refractivity contribution is 5.53. The zero-order chi connectivity index (χ0) is 10.5. The van der Waals surface area contributed by atoms with E-state index >= 15 is 0 Å². The Morgan fingerprint density at radius 2 is 2.27 bits per heavy atom. The molecule has 2 heterocycles. The molecule has 80 valence electrons. The smallest absolute Gasteiger partial charge is 0.225 e. The van der Waals surface area contributed by atoms with Crippen molar-refractivity contribution in [1.82, 2.24) is 9.97 Å². The summed E-state index contributed by atoms with van der Waals surface area (Å²) in [4.78, 5) is 20.9. The molecule has 15 heavy (non-hydrogen) atoms. The van der Waals surface area contributed by atoms with Gasteiger partial charge in [-0.25, -0.2) is 9.97 Å². The highest BCUT2D eigenvalue weighted by Crippen LogP contribution is 2.09. The molecular formula is C10H13N3O2. The Morgan fingerprint density at radius 1 is 1.47 bits per heavy atom. The van der Waals surface area contributed by atoms with Gasteiger partial charge in [-0.1, -0.05) is 0 Å². The lowest BCUT2D eigenvalue weighted by Crippen LogP contribution is -2.37. The second-order valence-corrected chi connectivity index (χ2v) is 3.32. The van der Waals surface area contributed by atoms with Crippen LogP contribution in [0.3, 0.4) is 0 Å². The van der Waals surface area contributed by atoms with Gasteiger partial charge >= 0.3 is 0 Å². The third-order valence-corrected chi connectivity index (χ3v) is 2.29. The van der Waals surface area contributed by atoms with Crippen LogP contribution in [0.15, 0.2) is 12.3 Å². The number of anilines is 1. The van der Waals surface area contributed by atoms with Crippen molar-refractivity contribution in [3.05, 3.63) is 18.0 Å². The molecule has 0 unspecified atom stereocenters. The Morgan fingerprint density at radius 3 is 3.00 bits per heavy atom. The Balaban J connectivity index is 2.12. The third kappa shape index (κ3) is 2.50. The van der Waals surface area contributed by atoms with E-state index in [-0.39, 0.29) is 0 Å². The molecule has 0 atom stereocenters. The van der Waals surface area contributed by atoms with E-state index in [1.165, 1.54) is 0 Å². The topological polar surface area (TPSA) is 55.3 Å². The van der Waals surface area contributed by atoms with Crippen LogP contribution in [-0.2, 0) is 16.0 Å². The van der Waals surface area contributed by atoms with Crippen molar-refractivity contribution in [2.45, 2.75) is 6.42 Å². The molecule has 0 bridgehead atoms. The Labute approximate surface area is 88.1 Å². The van der Waals surface area contributed by atoms with Crippen molar-refractivity contribution >= 4 is 12.2 Å². The SMILES string of the molecule is O=CCc1ccnc(N2CCOCC2)n1. The van der Waals surface area contributed by atoms with Crippen molar-refractivity contribution in [2.24, 2.45) is 0 Å². The van der Waals surface area contributed by atoms with Crippen LogP contribution in [0.4, 0.5) is 5.95 Å². The molecule has 0 aromatic carbocycles. The van der Waals surface area contributed by atoms with Gasteiger partial charge in [0, 0.05) is 25.7 Å². The maximum absolute atomic E-state index is 10.4. The van der Waals surface area contributed by atoms with Crippen LogP contribution in [0.2, 0.25) is 0 Å². The van der Waals surface area contributed by atoms with Crippen molar-refractivity contribution in [3.8, 4) is 0 Å².